The number of hydrogen-bond donors (Lipinski definition) is 1. The second kappa shape index (κ2) is 7.79. The topological polar surface area (TPSA) is 72.7 Å². The molecule has 27 heavy (non-hydrogen) atoms. The molecule has 0 saturated carbocycles. The maximum absolute atomic E-state index is 12.2. The number of thiazole rings is 1. The molecular weight excluding hydrogens is 398 g/mol. The van der Waals surface area contributed by atoms with Crippen LogP contribution in [-0.2, 0) is 4.79 Å². The van der Waals surface area contributed by atoms with Crippen molar-refractivity contribution in [2.24, 2.45) is 0 Å². The summed E-state index contributed by atoms with van der Waals surface area (Å²) in [6, 6.07) is 8.47. The molecule has 0 unspecified atom stereocenters. The van der Waals surface area contributed by atoms with Crippen molar-refractivity contribution in [2.75, 3.05) is 11.1 Å². The monoisotopic (exact) mass is 415 g/mol. The van der Waals surface area contributed by atoms with Crippen molar-refractivity contribution < 1.29 is 4.79 Å². The molecular formula is C18H17N5OS3. The van der Waals surface area contributed by atoms with Crippen LogP contribution in [0.5, 0.6) is 0 Å². The fourth-order valence-corrected chi connectivity index (χ4v) is 5.10. The number of anilines is 1. The van der Waals surface area contributed by atoms with Crippen LogP contribution < -0.4 is 5.32 Å². The van der Waals surface area contributed by atoms with Gasteiger partial charge in [0.05, 0.1) is 5.75 Å². The lowest BCUT2D eigenvalue weighted by molar-refractivity contribution is -0.113. The summed E-state index contributed by atoms with van der Waals surface area (Å²) >= 11 is 4.49. The van der Waals surface area contributed by atoms with E-state index in [1.54, 1.807) is 17.5 Å². The minimum absolute atomic E-state index is 0.101. The van der Waals surface area contributed by atoms with E-state index in [1.165, 1.54) is 33.2 Å². The minimum atomic E-state index is -0.101. The molecule has 0 aliphatic rings. The number of hydrogen-bond acceptors (Lipinski definition) is 7. The first kappa shape index (κ1) is 18.1. The third-order valence-electron chi connectivity index (χ3n) is 3.91. The van der Waals surface area contributed by atoms with Crippen molar-refractivity contribution in [3.8, 4) is 11.4 Å². The molecule has 6 nitrogen and oxygen atoms in total. The molecule has 0 bridgehead atoms. The zero-order chi connectivity index (χ0) is 18.8. The molecule has 1 N–H and O–H groups in total. The van der Waals surface area contributed by atoms with Crippen molar-refractivity contribution >= 4 is 55.6 Å². The number of fused-ring (bicyclic) bond motifs is 1. The van der Waals surface area contributed by atoms with E-state index in [2.05, 4.69) is 56.4 Å². The van der Waals surface area contributed by atoms with Gasteiger partial charge in [-0.15, -0.1) is 32.9 Å². The SMILES string of the molecule is CC(C)n1c(SCC(=O)Nc2nccs2)nnc1-c1csc2ccccc12. The average molecular weight is 416 g/mol. The molecule has 0 spiro atoms. The summed E-state index contributed by atoms with van der Waals surface area (Å²) in [5.74, 6) is 0.996. The Kier molecular flexibility index (Phi) is 5.24. The van der Waals surface area contributed by atoms with Crippen LogP contribution in [0.3, 0.4) is 0 Å². The Morgan fingerprint density at radius 1 is 1.26 bits per heavy atom. The molecule has 0 aliphatic heterocycles. The summed E-state index contributed by atoms with van der Waals surface area (Å²) in [6.07, 6.45) is 1.67. The molecule has 3 aromatic heterocycles. The van der Waals surface area contributed by atoms with Crippen LogP contribution in [0.25, 0.3) is 21.5 Å². The van der Waals surface area contributed by atoms with Crippen LogP contribution in [0, 0.1) is 0 Å². The highest BCUT2D eigenvalue weighted by molar-refractivity contribution is 7.99. The summed E-state index contributed by atoms with van der Waals surface area (Å²) in [7, 11) is 0. The van der Waals surface area contributed by atoms with E-state index >= 15 is 0 Å². The Bertz CT molecular complexity index is 1070. The summed E-state index contributed by atoms with van der Waals surface area (Å²) in [6.45, 7) is 4.20. The minimum Gasteiger partial charge on any atom is -0.301 e. The Balaban J connectivity index is 1.58. The fourth-order valence-electron chi connectivity index (χ4n) is 2.75. The lowest BCUT2D eigenvalue weighted by Gasteiger charge is -2.13. The lowest BCUT2D eigenvalue weighted by atomic mass is 10.1. The molecule has 9 heteroatoms. The molecule has 138 valence electrons. The smallest absolute Gasteiger partial charge is 0.236 e. The first-order chi connectivity index (χ1) is 13.1. The number of nitrogens with zero attached hydrogens (tertiary/aromatic N) is 4. The first-order valence-electron chi connectivity index (χ1n) is 8.37. The van der Waals surface area contributed by atoms with Gasteiger partial charge in [-0.1, -0.05) is 30.0 Å². The highest BCUT2D eigenvalue weighted by Gasteiger charge is 2.20. The van der Waals surface area contributed by atoms with Gasteiger partial charge in [0.1, 0.15) is 0 Å². The first-order valence-corrected chi connectivity index (χ1v) is 11.1. The van der Waals surface area contributed by atoms with Crippen LogP contribution in [0.2, 0.25) is 0 Å². The quantitative estimate of drug-likeness (QED) is 0.452. The average Bonchev–Trinajstić information content (AvgIpc) is 3.38. The van der Waals surface area contributed by atoms with Crippen LogP contribution in [0.15, 0.2) is 46.4 Å². The third-order valence-corrected chi connectivity index (χ3v) is 6.51. The predicted molar refractivity (Wildman–Crippen MR) is 113 cm³/mol. The van der Waals surface area contributed by atoms with Crippen molar-refractivity contribution in [2.45, 2.75) is 25.0 Å². The number of aromatic nitrogens is 4. The van der Waals surface area contributed by atoms with E-state index in [1.807, 2.05) is 17.5 Å². The Labute approximate surface area is 168 Å². The van der Waals surface area contributed by atoms with Gasteiger partial charge in [-0.3, -0.25) is 9.36 Å². The van der Waals surface area contributed by atoms with Crippen molar-refractivity contribution in [3.05, 3.63) is 41.2 Å². The summed E-state index contributed by atoms with van der Waals surface area (Å²) in [5, 5.41) is 18.1. The number of thiophene rings is 1. The third kappa shape index (κ3) is 3.76. The molecule has 0 radical (unpaired) electrons. The molecule has 1 amide bonds. The molecule has 4 aromatic rings. The van der Waals surface area contributed by atoms with E-state index in [-0.39, 0.29) is 17.7 Å². The maximum atomic E-state index is 12.2. The Morgan fingerprint density at radius 3 is 2.89 bits per heavy atom. The highest BCUT2D eigenvalue weighted by atomic mass is 32.2. The molecule has 0 atom stereocenters. The zero-order valence-electron chi connectivity index (χ0n) is 14.7. The number of nitrogens with one attached hydrogen (secondary N) is 1. The predicted octanol–water partition coefficient (Wildman–Crippen LogP) is 4.93. The summed E-state index contributed by atoms with van der Waals surface area (Å²) in [4.78, 5) is 16.2. The van der Waals surface area contributed by atoms with E-state index in [0.29, 0.717) is 5.13 Å². The largest absolute Gasteiger partial charge is 0.301 e. The molecule has 0 aliphatic carbocycles. The number of rotatable bonds is 6. The summed E-state index contributed by atoms with van der Waals surface area (Å²) in [5.41, 5.74) is 1.08. The number of carbonyl (C=O) groups is 1. The maximum Gasteiger partial charge on any atom is 0.236 e. The number of thioether (sulfide) groups is 1. The van der Waals surface area contributed by atoms with Gasteiger partial charge in [0.2, 0.25) is 5.91 Å². The van der Waals surface area contributed by atoms with Gasteiger partial charge in [0.25, 0.3) is 0 Å². The molecule has 0 saturated heterocycles. The lowest BCUT2D eigenvalue weighted by Crippen LogP contribution is -2.14. The van der Waals surface area contributed by atoms with Crippen molar-refractivity contribution in [3.63, 3.8) is 0 Å². The van der Waals surface area contributed by atoms with Gasteiger partial charge in [-0.25, -0.2) is 4.98 Å². The molecule has 0 fully saturated rings. The van der Waals surface area contributed by atoms with Gasteiger partial charge in [-0.2, -0.15) is 0 Å². The second-order valence-electron chi connectivity index (χ2n) is 6.09. The highest BCUT2D eigenvalue weighted by Crippen LogP contribution is 2.35. The van der Waals surface area contributed by atoms with Crippen molar-refractivity contribution in [1.29, 1.82) is 0 Å². The van der Waals surface area contributed by atoms with Crippen LogP contribution in [0.1, 0.15) is 19.9 Å². The van der Waals surface area contributed by atoms with E-state index in [0.717, 1.165) is 16.5 Å². The van der Waals surface area contributed by atoms with Crippen LogP contribution in [0.4, 0.5) is 5.13 Å². The number of amides is 1. The molecule has 3 heterocycles. The van der Waals surface area contributed by atoms with E-state index in [4.69, 9.17) is 0 Å². The normalized spacial score (nSPS) is 11.4. The van der Waals surface area contributed by atoms with Crippen LogP contribution in [-0.4, -0.2) is 31.4 Å². The van der Waals surface area contributed by atoms with Gasteiger partial charge < -0.3 is 5.32 Å². The van der Waals surface area contributed by atoms with Crippen LogP contribution >= 0.6 is 34.4 Å². The van der Waals surface area contributed by atoms with E-state index in [9.17, 15) is 4.79 Å². The van der Waals surface area contributed by atoms with Gasteiger partial charge >= 0.3 is 0 Å². The second-order valence-corrected chi connectivity index (χ2v) is 8.84. The zero-order valence-corrected chi connectivity index (χ0v) is 17.2. The Hall–Kier alpha value is -2.23. The fraction of sp³-hybridized carbons (Fsp3) is 0.222. The van der Waals surface area contributed by atoms with Gasteiger partial charge in [0.15, 0.2) is 16.1 Å². The molecule has 4 rings (SSSR count). The standard InChI is InChI=1S/C18H17N5OS3/c1-11(2)23-16(13-9-26-14-6-4-3-5-12(13)14)21-22-18(23)27-10-15(24)20-17-19-7-8-25-17/h3-9,11H,10H2,1-2H3,(H,19,20,24). The van der Waals surface area contributed by atoms with Gasteiger partial charge in [-0.05, 0) is 19.9 Å². The van der Waals surface area contributed by atoms with Crippen molar-refractivity contribution in [1.82, 2.24) is 19.7 Å². The number of carbonyl (C=O) groups excluding carboxylic acids is 1. The van der Waals surface area contributed by atoms with E-state index < -0.39 is 0 Å². The molecule has 1 aromatic carbocycles. The summed E-state index contributed by atoms with van der Waals surface area (Å²) < 4.78 is 3.32. The Morgan fingerprint density at radius 2 is 2.11 bits per heavy atom. The number of benzene rings is 1. The van der Waals surface area contributed by atoms with Gasteiger partial charge in [0, 0.05) is 38.6 Å².